The van der Waals surface area contributed by atoms with E-state index in [0.717, 1.165) is 20.9 Å². The summed E-state index contributed by atoms with van der Waals surface area (Å²) in [6.45, 7) is 2.12. The number of nitrogens with zero attached hydrogens (tertiary/aromatic N) is 1. The van der Waals surface area contributed by atoms with Crippen LogP contribution in [0.15, 0.2) is 35.8 Å². The minimum atomic E-state index is 0.234. The molecule has 0 bridgehead atoms. The Morgan fingerprint density at radius 3 is 3.06 bits per heavy atom. The molecule has 0 spiro atoms. The molecule has 2 heterocycles. The Bertz CT molecular complexity index is 673. The second kappa shape index (κ2) is 4.63. The van der Waals surface area contributed by atoms with Crippen LogP contribution in [0.1, 0.15) is 18.5 Å². The highest BCUT2D eigenvalue weighted by Gasteiger charge is 2.08. The zero-order valence-electron chi connectivity index (χ0n) is 9.77. The molecule has 2 aromatic heterocycles. The lowest BCUT2D eigenvalue weighted by Crippen LogP contribution is -2.05. The topological polar surface area (TPSA) is 40.7 Å². The molecule has 0 radical (unpaired) electrons. The van der Waals surface area contributed by atoms with Gasteiger partial charge in [-0.05, 0) is 42.1 Å². The van der Waals surface area contributed by atoms with Crippen LogP contribution in [-0.4, -0.2) is 10.2 Å². The van der Waals surface area contributed by atoms with Gasteiger partial charge in [0.25, 0.3) is 0 Å². The van der Waals surface area contributed by atoms with Gasteiger partial charge in [-0.1, -0.05) is 11.6 Å². The van der Waals surface area contributed by atoms with E-state index in [0.29, 0.717) is 0 Å². The van der Waals surface area contributed by atoms with Crippen molar-refractivity contribution in [2.75, 3.05) is 5.32 Å². The number of rotatable bonds is 3. The van der Waals surface area contributed by atoms with Crippen molar-refractivity contribution < 1.29 is 0 Å². The first-order chi connectivity index (χ1) is 8.72. The molecule has 3 rings (SSSR count). The summed E-state index contributed by atoms with van der Waals surface area (Å²) in [6.07, 6.45) is 1.83. The Balaban J connectivity index is 1.83. The highest BCUT2D eigenvalue weighted by Crippen LogP contribution is 2.27. The Kier molecular flexibility index (Phi) is 2.97. The van der Waals surface area contributed by atoms with Crippen molar-refractivity contribution in [3.8, 4) is 0 Å². The molecule has 3 nitrogen and oxygen atoms in total. The van der Waals surface area contributed by atoms with Crippen molar-refractivity contribution >= 4 is 39.5 Å². The number of halogens is 1. The maximum atomic E-state index is 5.95. The highest BCUT2D eigenvalue weighted by molar-refractivity contribution is 7.14. The average Bonchev–Trinajstić information content (AvgIpc) is 2.96. The highest BCUT2D eigenvalue weighted by atomic mass is 35.5. The van der Waals surface area contributed by atoms with E-state index in [1.54, 1.807) is 11.3 Å². The minimum Gasteiger partial charge on any atom is -0.378 e. The molecule has 18 heavy (non-hydrogen) atoms. The maximum Gasteiger partial charge on any atom is 0.0931 e. The standard InChI is InChI=1S/C13H12ClN3S/c1-8(10-5-13(14)18-7-10)16-11-2-3-12-9(4-11)6-15-17-12/h2-8,16H,1H3,(H,15,17). The number of nitrogens with one attached hydrogen (secondary N) is 2. The van der Waals surface area contributed by atoms with Crippen LogP contribution in [0.25, 0.3) is 10.9 Å². The summed E-state index contributed by atoms with van der Waals surface area (Å²) < 4.78 is 0.823. The summed E-state index contributed by atoms with van der Waals surface area (Å²) in [5.41, 5.74) is 3.34. The zero-order valence-corrected chi connectivity index (χ0v) is 11.3. The Labute approximate surface area is 114 Å². The lowest BCUT2D eigenvalue weighted by atomic mass is 10.1. The van der Waals surface area contributed by atoms with E-state index >= 15 is 0 Å². The molecular formula is C13H12ClN3S. The molecule has 0 aliphatic heterocycles. The third-order valence-electron chi connectivity index (χ3n) is 2.91. The van der Waals surface area contributed by atoms with E-state index in [4.69, 9.17) is 11.6 Å². The normalized spacial score (nSPS) is 12.8. The summed E-state index contributed by atoms with van der Waals surface area (Å²) in [4.78, 5) is 0. The van der Waals surface area contributed by atoms with Gasteiger partial charge in [0.1, 0.15) is 0 Å². The van der Waals surface area contributed by atoms with Crippen LogP contribution >= 0.6 is 22.9 Å². The van der Waals surface area contributed by atoms with Crippen molar-refractivity contribution in [3.05, 3.63) is 45.7 Å². The molecule has 0 fully saturated rings. The van der Waals surface area contributed by atoms with Gasteiger partial charge in [0.15, 0.2) is 0 Å². The van der Waals surface area contributed by atoms with Crippen molar-refractivity contribution in [1.82, 2.24) is 10.2 Å². The fourth-order valence-corrected chi connectivity index (χ4v) is 2.90. The summed E-state index contributed by atoms with van der Waals surface area (Å²) >= 11 is 7.51. The van der Waals surface area contributed by atoms with E-state index in [1.165, 1.54) is 5.56 Å². The number of anilines is 1. The van der Waals surface area contributed by atoms with Gasteiger partial charge >= 0.3 is 0 Å². The third kappa shape index (κ3) is 2.21. The van der Waals surface area contributed by atoms with Crippen molar-refractivity contribution in [2.24, 2.45) is 0 Å². The number of hydrogen-bond acceptors (Lipinski definition) is 3. The molecule has 2 N–H and O–H groups in total. The number of H-pyrrole nitrogens is 1. The molecule has 5 heteroatoms. The Morgan fingerprint density at radius 2 is 2.28 bits per heavy atom. The maximum absolute atomic E-state index is 5.95. The van der Waals surface area contributed by atoms with Crippen LogP contribution in [0.4, 0.5) is 5.69 Å². The Morgan fingerprint density at radius 1 is 1.39 bits per heavy atom. The molecule has 0 aliphatic rings. The monoisotopic (exact) mass is 277 g/mol. The third-order valence-corrected chi connectivity index (χ3v) is 4.02. The predicted octanol–water partition coefficient (Wildman–Crippen LogP) is 4.45. The average molecular weight is 278 g/mol. The first-order valence-electron chi connectivity index (χ1n) is 5.66. The van der Waals surface area contributed by atoms with Gasteiger partial charge in [0, 0.05) is 17.1 Å². The van der Waals surface area contributed by atoms with Crippen molar-refractivity contribution in [1.29, 1.82) is 0 Å². The van der Waals surface area contributed by atoms with Crippen LogP contribution in [0.3, 0.4) is 0 Å². The Hall–Kier alpha value is -1.52. The van der Waals surface area contributed by atoms with Crippen molar-refractivity contribution in [3.63, 3.8) is 0 Å². The van der Waals surface area contributed by atoms with Gasteiger partial charge in [-0.3, -0.25) is 5.10 Å². The van der Waals surface area contributed by atoms with E-state index in [-0.39, 0.29) is 6.04 Å². The SMILES string of the molecule is CC(Nc1ccc2[nH]ncc2c1)c1csc(Cl)c1. The van der Waals surface area contributed by atoms with Crippen LogP contribution in [0, 0.1) is 0 Å². The first kappa shape index (κ1) is 11.6. The molecule has 1 atom stereocenters. The van der Waals surface area contributed by atoms with Gasteiger partial charge in [0.2, 0.25) is 0 Å². The number of fused-ring (bicyclic) bond motifs is 1. The number of hydrogen-bond donors (Lipinski definition) is 2. The molecule has 92 valence electrons. The van der Waals surface area contributed by atoms with E-state index in [9.17, 15) is 0 Å². The fraction of sp³-hybridized carbons (Fsp3) is 0.154. The van der Waals surface area contributed by atoms with Gasteiger partial charge in [-0.2, -0.15) is 5.10 Å². The van der Waals surface area contributed by atoms with Crippen LogP contribution < -0.4 is 5.32 Å². The second-order valence-electron chi connectivity index (χ2n) is 4.22. The van der Waals surface area contributed by atoms with Crippen molar-refractivity contribution in [2.45, 2.75) is 13.0 Å². The second-order valence-corrected chi connectivity index (χ2v) is 5.76. The smallest absolute Gasteiger partial charge is 0.0931 e. The number of thiophene rings is 1. The van der Waals surface area contributed by atoms with E-state index < -0.39 is 0 Å². The molecular weight excluding hydrogens is 266 g/mol. The van der Waals surface area contributed by atoms with Gasteiger partial charge < -0.3 is 5.32 Å². The van der Waals surface area contributed by atoms with E-state index in [2.05, 4.69) is 33.9 Å². The summed E-state index contributed by atoms with van der Waals surface area (Å²) in [7, 11) is 0. The first-order valence-corrected chi connectivity index (χ1v) is 6.92. The largest absolute Gasteiger partial charge is 0.378 e. The summed E-state index contributed by atoms with van der Waals surface area (Å²) in [5, 5.41) is 13.6. The molecule has 0 amide bonds. The molecule has 1 aromatic carbocycles. The number of benzene rings is 1. The molecule has 1 unspecified atom stereocenters. The zero-order chi connectivity index (χ0) is 12.5. The van der Waals surface area contributed by atoms with Crippen LogP contribution in [0.5, 0.6) is 0 Å². The lowest BCUT2D eigenvalue weighted by molar-refractivity contribution is 0.891. The summed E-state index contributed by atoms with van der Waals surface area (Å²) in [5.74, 6) is 0. The number of aromatic amines is 1. The van der Waals surface area contributed by atoms with Gasteiger partial charge in [0.05, 0.1) is 16.0 Å². The number of aromatic nitrogens is 2. The lowest BCUT2D eigenvalue weighted by Gasteiger charge is -2.13. The summed E-state index contributed by atoms with van der Waals surface area (Å²) in [6, 6.07) is 8.39. The molecule has 3 aromatic rings. The van der Waals surface area contributed by atoms with Crippen LogP contribution in [-0.2, 0) is 0 Å². The molecule has 0 aliphatic carbocycles. The molecule has 0 saturated carbocycles. The minimum absolute atomic E-state index is 0.234. The molecule has 0 saturated heterocycles. The fourth-order valence-electron chi connectivity index (χ4n) is 1.92. The van der Waals surface area contributed by atoms with Gasteiger partial charge in [-0.15, -0.1) is 11.3 Å². The quantitative estimate of drug-likeness (QED) is 0.742. The predicted molar refractivity (Wildman–Crippen MR) is 77.5 cm³/mol. The van der Waals surface area contributed by atoms with Gasteiger partial charge in [-0.25, -0.2) is 0 Å². The van der Waals surface area contributed by atoms with E-state index in [1.807, 2.05) is 24.4 Å². The van der Waals surface area contributed by atoms with Crippen LogP contribution in [0.2, 0.25) is 4.34 Å².